The molecule has 0 amide bonds. The lowest BCUT2D eigenvalue weighted by molar-refractivity contribution is -0.132. The molecule has 0 fully saturated rings. The second-order valence-corrected chi connectivity index (χ2v) is 4.91. The molecule has 1 aromatic heterocycles. The van der Waals surface area contributed by atoms with E-state index in [0.29, 0.717) is 17.8 Å². The number of nitriles is 1. The van der Waals surface area contributed by atoms with Crippen molar-refractivity contribution in [3.05, 3.63) is 57.6 Å². The quantitative estimate of drug-likeness (QED) is 0.694. The van der Waals surface area contributed by atoms with E-state index in [4.69, 9.17) is 22.0 Å². The summed E-state index contributed by atoms with van der Waals surface area (Å²) in [5, 5.41) is 22.1. The Morgan fingerprint density at radius 2 is 2.14 bits per heavy atom. The van der Waals surface area contributed by atoms with Crippen LogP contribution >= 0.6 is 11.6 Å². The number of nitrogens with zero attached hydrogens (tertiary/aromatic N) is 3. The molecule has 0 saturated heterocycles. The highest BCUT2D eigenvalue weighted by atomic mass is 35.5. The Balaban J connectivity index is 2.37. The third-order valence-electron chi connectivity index (χ3n) is 2.99. The Morgan fingerprint density at radius 3 is 2.68 bits per heavy atom. The van der Waals surface area contributed by atoms with Crippen LogP contribution in [0.4, 0.5) is 4.39 Å². The fourth-order valence-electron chi connectivity index (χ4n) is 1.88. The second-order valence-electron chi connectivity index (χ2n) is 4.55. The number of carboxylic acid groups (broad SMARTS) is 1. The smallest absolute Gasteiger partial charge is 0.346 e. The van der Waals surface area contributed by atoms with Gasteiger partial charge >= 0.3 is 5.97 Å². The fourth-order valence-corrected chi connectivity index (χ4v) is 2.17. The molecule has 2 aromatic rings. The van der Waals surface area contributed by atoms with Crippen molar-refractivity contribution in [1.82, 2.24) is 9.78 Å². The summed E-state index contributed by atoms with van der Waals surface area (Å²) in [5.74, 6) is -1.67. The summed E-state index contributed by atoms with van der Waals surface area (Å²) in [6, 6.07) is 7.47. The maximum Gasteiger partial charge on any atom is 0.346 e. The molecule has 1 N–H and O–H groups in total. The van der Waals surface area contributed by atoms with Crippen molar-refractivity contribution in [2.24, 2.45) is 0 Å². The molecule has 0 saturated carbocycles. The zero-order chi connectivity index (χ0) is 16.3. The van der Waals surface area contributed by atoms with Crippen LogP contribution in [0.2, 0.25) is 5.15 Å². The Hall–Kier alpha value is -2.65. The van der Waals surface area contributed by atoms with Gasteiger partial charge in [-0.15, -0.1) is 0 Å². The first-order valence-electron chi connectivity index (χ1n) is 6.25. The third-order valence-corrected chi connectivity index (χ3v) is 3.39. The summed E-state index contributed by atoms with van der Waals surface area (Å²) < 4.78 is 14.4. The molecule has 1 heterocycles. The molecule has 0 bridgehead atoms. The number of hydrogen-bond acceptors (Lipinski definition) is 3. The highest BCUT2D eigenvalue weighted by Crippen LogP contribution is 2.23. The van der Waals surface area contributed by atoms with E-state index in [9.17, 15) is 9.18 Å². The first kappa shape index (κ1) is 15.7. The van der Waals surface area contributed by atoms with Crippen molar-refractivity contribution in [2.45, 2.75) is 13.5 Å². The molecule has 7 heteroatoms. The van der Waals surface area contributed by atoms with Gasteiger partial charge in [0.25, 0.3) is 0 Å². The van der Waals surface area contributed by atoms with Crippen molar-refractivity contribution >= 4 is 23.6 Å². The molecule has 2 rings (SSSR count). The molecule has 0 aliphatic rings. The minimum absolute atomic E-state index is 0.218. The van der Waals surface area contributed by atoms with Gasteiger partial charge in [0.15, 0.2) is 0 Å². The maximum absolute atomic E-state index is 12.9. The van der Waals surface area contributed by atoms with Gasteiger partial charge in [-0.2, -0.15) is 10.4 Å². The van der Waals surface area contributed by atoms with Crippen LogP contribution in [-0.2, 0) is 11.3 Å². The Kier molecular flexibility index (Phi) is 4.59. The standard InChI is InChI=1S/C15H11ClFN3O2/c1-9-13(6-11(7-18)15(21)22)14(16)20(19-9)8-10-2-4-12(17)5-3-10/h2-6H,8H2,1H3,(H,21,22). The van der Waals surface area contributed by atoms with E-state index in [1.807, 2.05) is 0 Å². The molecule has 112 valence electrons. The number of halogens is 2. The summed E-state index contributed by atoms with van der Waals surface area (Å²) in [5.41, 5.74) is 1.25. The summed E-state index contributed by atoms with van der Waals surface area (Å²) in [7, 11) is 0. The van der Waals surface area contributed by atoms with Crippen LogP contribution in [0.1, 0.15) is 16.8 Å². The number of carbonyl (C=O) groups is 1. The van der Waals surface area contributed by atoms with Crippen molar-refractivity contribution in [3.63, 3.8) is 0 Å². The van der Waals surface area contributed by atoms with E-state index >= 15 is 0 Å². The van der Waals surface area contributed by atoms with Crippen LogP contribution in [0.5, 0.6) is 0 Å². The minimum Gasteiger partial charge on any atom is -0.477 e. The predicted molar refractivity (Wildman–Crippen MR) is 78.7 cm³/mol. The van der Waals surface area contributed by atoms with Gasteiger partial charge in [0.05, 0.1) is 12.2 Å². The van der Waals surface area contributed by atoms with Gasteiger partial charge in [0.2, 0.25) is 0 Å². The van der Waals surface area contributed by atoms with Gasteiger partial charge in [0.1, 0.15) is 22.6 Å². The number of aryl methyl sites for hydroxylation is 1. The molecular formula is C15H11ClFN3O2. The average molecular weight is 320 g/mol. The maximum atomic E-state index is 12.9. The van der Waals surface area contributed by atoms with Crippen molar-refractivity contribution in [2.75, 3.05) is 0 Å². The second kappa shape index (κ2) is 6.41. The van der Waals surface area contributed by atoms with Crippen molar-refractivity contribution < 1.29 is 14.3 Å². The Morgan fingerprint density at radius 1 is 1.50 bits per heavy atom. The lowest BCUT2D eigenvalue weighted by Gasteiger charge is -2.03. The molecular weight excluding hydrogens is 309 g/mol. The van der Waals surface area contributed by atoms with Crippen LogP contribution < -0.4 is 0 Å². The molecule has 0 atom stereocenters. The zero-order valence-corrected chi connectivity index (χ0v) is 12.3. The first-order valence-corrected chi connectivity index (χ1v) is 6.62. The number of carboxylic acids is 1. The Labute approximate surface area is 130 Å². The number of hydrogen-bond donors (Lipinski definition) is 1. The fraction of sp³-hybridized carbons (Fsp3) is 0.133. The van der Waals surface area contributed by atoms with E-state index in [1.165, 1.54) is 22.9 Å². The third kappa shape index (κ3) is 3.32. The highest BCUT2D eigenvalue weighted by Gasteiger charge is 2.15. The largest absolute Gasteiger partial charge is 0.477 e. The van der Waals surface area contributed by atoms with Crippen molar-refractivity contribution in [1.29, 1.82) is 5.26 Å². The van der Waals surface area contributed by atoms with Crippen LogP contribution in [0.25, 0.3) is 6.08 Å². The van der Waals surface area contributed by atoms with Gasteiger partial charge in [-0.05, 0) is 30.7 Å². The summed E-state index contributed by atoms with van der Waals surface area (Å²) in [6.07, 6.45) is 1.19. The first-order chi connectivity index (χ1) is 10.4. The monoisotopic (exact) mass is 319 g/mol. The Bertz CT molecular complexity index is 788. The molecule has 22 heavy (non-hydrogen) atoms. The number of rotatable bonds is 4. The summed E-state index contributed by atoms with van der Waals surface area (Å²) >= 11 is 6.20. The van der Waals surface area contributed by atoms with Gasteiger partial charge in [0, 0.05) is 5.56 Å². The van der Waals surface area contributed by atoms with Gasteiger partial charge in [-0.3, -0.25) is 0 Å². The van der Waals surface area contributed by atoms with Gasteiger partial charge in [-0.1, -0.05) is 23.7 Å². The van der Waals surface area contributed by atoms with Crippen molar-refractivity contribution in [3.8, 4) is 6.07 Å². The van der Waals surface area contributed by atoms with E-state index < -0.39 is 11.5 Å². The summed E-state index contributed by atoms with van der Waals surface area (Å²) in [6.45, 7) is 1.97. The molecule has 0 spiro atoms. The van der Waals surface area contributed by atoms with E-state index in [2.05, 4.69) is 5.10 Å². The summed E-state index contributed by atoms with van der Waals surface area (Å²) in [4.78, 5) is 10.9. The lowest BCUT2D eigenvalue weighted by atomic mass is 10.1. The van der Waals surface area contributed by atoms with E-state index in [0.717, 1.165) is 5.56 Å². The highest BCUT2D eigenvalue weighted by molar-refractivity contribution is 6.31. The van der Waals surface area contributed by atoms with Gasteiger partial charge < -0.3 is 5.11 Å². The molecule has 0 aliphatic carbocycles. The van der Waals surface area contributed by atoms with Crippen LogP contribution in [0.3, 0.4) is 0 Å². The number of aromatic nitrogens is 2. The van der Waals surface area contributed by atoms with Crippen LogP contribution in [-0.4, -0.2) is 20.9 Å². The predicted octanol–water partition coefficient (Wildman–Crippen LogP) is 3.02. The molecule has 5 nitrogen and oxygen atoms in total. The molecule has 0 radical (unpaired) electrons. The van der Waals surface area contributed by atoms with Crippen LogP contribution in [0, 0.1) is 24.1 Å². The average Bonchev–Trinajstić information content (AvgIpc) is 2.73. The topological polar surface area (TPSA) is 78.9 Å². The van der Waals surface area contributed by atoms with Crippen LogP contribution in [0.15, 0.2) is 29.8 Å². The van der Waals surface area contributed by atoms with Gasteiger partial charge in [-0.25, -0.2) is 13.9 Å². The minimum atomic E-state index is -1.33. The van der Waals surface area contributed by atoms with E-state index in [-0.39, 0.29) is 11.0 Å². The lowest BCUT2D eigenvalue weighted by Crippen LogP contribution is -2.02. The zero-order valence-electron chi connectivity index (χ0n) is 11.5. The van der Waals surface area contributed by atoms with E-state index in [1.54, 1.807) is 25.1 Å². The SMILES string of the molecule is Cc1nn(Cc2ccc(F)cc2)c(Cl)c1C=C(C#N)C(=O)O. The molecule has 0 aliphatic heterocycles. The normalized spacial score (nSPS) is 11.3. The molecule has 0 unspecified atom stereocenters. The number of benzene rings is 1. The molecule has 1 aromatic carbocycles. The number of aliphatic carboxylic acids is 1.